The number of nitrogens with two attached hydrogens (primary N) is 2. The number of anilines is 2. The molecule has 0 spiro atoms. The fraction of sp³-hybridized carbons (Fsp3) is 0.364. The van der Waals surface area contributed by atoms with Gasteiger partial charge < -0.3 is 16.8 Å². The molecule has 0 aromatic heterocycles. The van der Waals surface area contributed by atoms with E-state index < -0.39 is 16.7 Å². The van der Waals surface area contributed by atoms with Crippen molar-refractivity contribution in [3.63, 3.8) is 0 Å². The van der Waals surface area contributed by atoms with Gasteiger partial charge in [0.1, 0.15) is 0 Å². The highest BCUT2D eigenvalue weighted by Gasteiger charge is 2.11. The number of nitrogen functional groups attached to an aromatic ring is 1. The van der Waals surface area contributed by atoms with Gasteiger partial charge in [-0.1, -0.05) is 0 Å². The molecule has 17 heavy (non-hydrogen) atoms. The van der Waals surface area contributed by atoms with E-state index in [1.807, 2.05) is 6.92 Å². The molecular weight excluding hydrogens is 238 g/mol. The van der Waals surface area contributed by atoms with Crippen LogP contribution in [0.2, 0.25) is 0 Å². The Bertz CT molecular complexity index is 448. The van der Waals surface area contributed by atoms with E-state index in [2.05, 4.69) is 5.32 Å². The van der Waals surface area contributed by atoms with Crippen molar-refractivity contribution in [1.29, 1.82) is 0 Å². The van der Waals surface area contributed by atoms with Crippen LogP contribution in [0.15, 0.2) is 18.2 Å². The summed E-state index contributed by atoms with van der Waals surface area (Å²) >= 11 is 0. The molecule has 2 atom stereocenters. The third-order valence-corrected chi connectivity index (χ3v) is 3.17. The van der Waals surface area contributed by atoms with Crippen molar-refractivity contribution in [1.82, 2.24) is 0 Å². The number of rotatable bonds is 5. The van der Waals surface area contributed by atoms with Gasteiger partial charge in [0.15, 0.2) is 0 Å². The maximum absolute atomic E-state index is 11.2. The van der Waals surface area contributed by atoms with Crippen molar-refractivity contribution < 1.29 is 9.00 Å². The Labute approximate surface area is 103 Å². The highest BCUT2D eigenvalue weighted by Crippen LogP contribution is 2.19. The van der Waals surface area contributed by atoms with Crippen LogP contribution in [0.1, 0.15) is 17.3 Å². The third kappa shape index (κ3) is 4.07. The lowest BCUT2D eigenvalue weighted by molar-refractivity contribution is 0.100. The van der Waals surface area contributed by atoms with Gasteiger partial charge in [-0.2, -0.15) is 0 Å². The topological polar surface area (TPSA) is 98.2 Å². The number of hydrogen-bond donors (Lipinski definition) is 3. The second-order valence-corrected chi connectivity index (χ2v) is 5.43. The molecule has 1 amide bonds. The van der Waals surface area contributed by atoms with Crippen molar-refractivity contribution in [2.24, 2.45) is 5.73 Å². The van der Waals surface area contributed by atoms with Crippen molar-refractivity contribution in [2.45, 2.75) is 13.0 Å². The first-order valence-electron chi connectivity index (χ1n) is 5.16. The molecular formula is C11H17N3O2S. The number of nitrogens with one attached hydrogen (secondary N) is 1. The van der Waals surface area contributed by atoms with Crippen LogP contribution < -0.4 is 16.8 Å². The van der Waals surface area contributed by atoms with Crippen LogP contribution in [0.25, 0.3) is 0 Å². The fourth-order valence-corrected chi connectivity index (χ4v) is 2.34. The van der Waals surface area contributed by atoms with Crippen LogP contribution in [-0.2, 0) is 10.8 Å². The van der Waals surface area contributed by atoms with E-state index in [-0.39, 0.29) is 6.04 Å². The van der Waals surface area contributed by atoms with Crippen molar-refractivity contribution in [3.8, 4) is 0 Å². The Balaban J connectivity index is 2.90. The maximum Gasteiger partial charge on any atom is 0.250 e. The Morgan fingerprint density at radius 1 is 1.53 bits per heavy atom. The molecule has 2 unspecified atom stereocenters. The number of hydrogen-bond acceptors (Lipinski definition) is 4. The molecule has 6 heteroatoms. The number of benzene rings is 1. The highest BCUT2D eigenvalue weighted by molar-refractivity contribution is 7.84. The molecule has 94 valence electrons. The number of carbonyl (C=O) groups is 1. The Morgan fingerprint density at radius 2 is 2.18 bits per heavy atom. The second-order valence-electron chi connectivity index (χ2n) is 3.95. The monoisotopic (exact) mass is 255 g/mol. The Kier molecular flexibility index (Phi) is 4.51. The van der Waals surface area contributed by atoms with Crippen molar-refractivity contribution in [2.75, 3.05) is 23.1 Å². The molecule has 0 fully saturated rings. The molecule has 5 N–H and O–H groups in total. The SMILES string of the molecule is CC(CS(C)=O)Nc1ccc(N)cc1C(N)=O. The number of carbonyl (C=O) groups excluding carboxylic acids is 1. The Hall–Kier alpha value is -1.56. The standard InChI is InChI=1S/C11H17N3O2S/c1-7(6-17(2)16)14-10-4-3-8(12)5-9(10)11(13)15/h3-5,7,14H,6,12H2,1-2H3,(H2,13,15). The second kappa shape index (κ2) is 5.67. The predicted molar refractivity (Wildman–Crippen MR) is 71.4 cm³/mol. The molecule has 0 saturated heterocycles. The van der Waals surface area contributed by atoms with Gasteiger partial charge in [-0.3, -0.25) is 9.00 Å². The minimum atomic E-state index is -0.894. The lowest BCUT2D eigenvalue weighted by atomic mass is 10.1. The maximum atomic E-state index is 11.2. The largest absolute Gasteiger partial charge is 0.399 e. The lowest BCUT2D eigenvalue weighted by Gasteiger charge is -2.16. The summed E-state index contributed by atoms with van der Waals surface area (Å²) in [5, 5.41) is 3.10. The quantitative estimate of drug-likeness (QED) is 0.669. The summed E-state index contributed by atoms with van der Waals surface area (Å²) in [7, 11) is -0.894. The predicted octanol–water partition coefficient (Wildman–Crippen LogP) is 0.547. The summed E-state index contributed by atoms with van der Waals surface area (Å²) in [4.78, 5) is 11.2. The summed E-state index contributed by atoms with van der Waals surface area (Å²) in [5.74, 6) is -0.0348. The minimum absolute atomic E-state index is 0.0115. The molecule has 0 bridgehead atoms. The number of amides is 1. The van der Waals surface area contributed by atoms with E-state index in [4.69, 9.17) is 11.5 Å². The van der Waals surface area contributed by atoms with E-state index in [0.717, 1.165) is 0 Å². The summed E-state index contributed by atoms with van der Waals surface area (Å²) in [6.45, 7) is 1.89. The fourth-order valence-electron chi connectivity index (χ4n) is 1.55. The zero-order valence-corrected chi connectivity index (χ0v) is 10.7. The summed E-state index contributed by atoms with van der Waals surface area (Å²) in [6.07, 6.45) is 1.64. The molecule has 0 aliphatic rings. The molecule has 0 aliphatic carbocycles. The molecule has 1 aromatic carbocycles. The molecule has 5 nitrogen and oxygen atoms in total. The van der Waals surface area contributed by atoms with Crippen LogP contribution >= 0.6 is 0 Å². The van der Waals surface area contributed by atoms with E-state index in [1.165, 1.54) is 6.07 Å². The smallest absolute Gasteiger partial charge is 0.250 e. The van der Waals surface area contributed by atoms with Gasteiger partial charge in [0.2, 0.25) is 0 Å². The molecule has 1 aromatic rings. The van der Waals surface area contributed by atoms with Crippen molar-refractivity contribution >= 4 is 28.1 Å². The molecule has 1 rings (SSSR count). The van der Waals surface area contributed by atoms with Gasteiger partial charge >= 0.3 is 0 Å². The van der Waals surface area contributed by atoms with Gasteiger partial charge in [-0.05, 0) is 25.1 Å². The Morgan fingerprint density at radius 3 is 2.71 bits per heavy atom. The van der Waals surface area contributed by atoms with Crippen molar-refractivity contribution in [3.05, 3.63) is 23.8 Å². The van der Waals surface area contributed by atoms with Gasteiger partial charge in [-0.25, -0.2) is 0 Å². The van der Waals surface area contributed by atoms with E-state index in [1.54, 1.807) is 18.4 Å². The zero-order chi connectivity index (χ0) is 13.0. The first-order chi connectivity index (χ1) is 7.90. The zero-order valence-electron chi connectivity index (χ0n) is 9.90. The summed E-state index contributed by atoms with van der Waals surface area (Å²) < 4.78 is 11.1. The van der Waals surface area contributed by atoms with Crippen LogP contribution in [-0.4, -0.2) is 28.2 Å². The van der Waals surface area contributed by atoms with Crippen LogP contribution in [0.5, 0.6) is 0 Å². The van der Waals surface area contributed by atoms with Gasteiger partial charge in [0.05, 0.1) is 5.56 Å². The first-order valence-corrected chi connectivity index (χ1v) is 6.88. The van der Waals surface area contributed by atoms with Gasteiger partial charge in [0.25, 0.3) is 5.91 Å². The normalized spacial score (nSPS) is 14.0. The van der Waals surface area contributed by atoms with Crippen LogP contribution in [0.4, 0.5) is 11.4 Å². The summed E-state index contributed by atoms with van der Waals surface area (Å²) in [6, 6.07) is 4.90. The van der Waals surface area contributed by atoms with Gasteiger partial charge in [0, 0.05) is 40.2 Å². The first kappa shape index (κ1) is 13.5. The highest BCUT2D eigenvalue weighted by atomic mass is 32.2. The lowest BCUT2D eigenvalue weighted by Crippen LogP contribution is -2.24. The van der Waals surface area contributed by atoms with Crippen LogP contribution in [0.3, 0.4) is 0 Å². The average Bonchev–Trinajstić information content (AvgIpc) is 2.19. The minimum Gasteiger partial charge on any atom is -0.399 e. The van der Waals surface area contributed by atoms with Gasteiger partial charge in [-0.15, -0.1) is 0 Å². The molecule has 0 aliphatic heterocycles. The summed E-state index contributed by atoms with van der Waals surface area (Å²) in [5.41, 5.74) is 12.3. The molecule has 0 radical (unpaired) electrons. The van der Waals surface area contributed by atoms with E-state index in [9.17, 15) is 9.00 Å². The number of primary amides is 1. The molecule has 0 heterocycles. The van der Waals surface area contributed by atoms with Crippen LogP contribution in [0, 0.1) is 0 Å². The molecule has 0 saturated carbocycles. The van der Waals surface area contributed by atoms with E-state index >= 15 is 0 Å². The van der Waals surface area contributed by atoms with E-state index in [0.29, 0.717) is 22.7 Å². The third-order valence-electron chi connectivity index (χ3n) is 2.20. The average molecular weight is 255 g/mol.